The molecular formula is C22H20N2. The lowest BCUT2D eigenvalue weighted by Gasteiger charge is -2.36. The summed E-state index contributed by atoms with van der Waals surface area (Å²) >= 11 is 0. The van der Waals surface area contributed by atoms with Gasteiger partial charge in [-0.15, -0.1) is 0 Å². The Morgan fingerprint density at radius 3 is 2.12 bits per heavy atom. The highest BCUT2D eigenvalue weighted by atomic mass is 14.5. The molecule has 0 unspecified atom stereocenters. The molecule has 2 aliphatic rings. The van der Waals surface area contributed by atoms with Crippen LogP contribution in [0.1, 0.15) is 54.4 Å². The minimum Gasteiger partial charge on any atom is -0.198 e. The molecule has 118 valence electrons. The van der Waals surface area contributed by atoms with Crippen molar-refractivity contribution in [3.63, 3.8) is 0 Å². The Balaban J connectivity index is 1.93. The third kappa shape index (κ3) is 2.15. The standard InChI is InChI=1S/C22H20N2/c23-12-8-16-5-7-20-19(14-16)18-6-4-17(9-13-24)15-21(18)22(20)10-2-1-3-11-22/h4-7,14-15H,1-3,8-11H2. The van der Waals surface area contributed by atoms with E-state index in [1.165, 1.54) is 54.4 Å². The number of nitriles is 2. The predicted molar refractivity (Wildman–Crippen MR) is 94.4 cm³/mol. The SMILES string of the molecule is N#CCc1ccc2c(c1)-c1ccc(CC#N)cc1C21CCCCC1. The molecule has 24 heavy (non-hydrogen) atoms. The summed E-state index contributed by atoms with van der Waals surface area (Å²) in [6.45, 7) is 0. The molecule has 2 aromatic rings. The minimum atomic E-state index is 0.125. The molecule has 2 heteroatoms. The van der Waals surface area contributed by atoms with Crippen LogP contribution in [0.3, 0.4) is 0 Å². The van der Waals surface area contributed by atoms with Crippen LogP contribution >= 0.6 is 0 Å². The first-order chi connectivity index (χ1) is 11.8. The third-order valence-corrected chi connectivity index (χ3v) is 5.76. The van der Waals surface area contributed by atoms with Crippen LogP contribution in [0.25, 0.3) is 11.1 Å². The summed E-state index contributed by atoms with van der Waals surface area (Å²) in [5.41, 5.74) is 7.81. The van der Waals surface area contributed by atoms with Crippen molar-refractivity contribution in [1.82, 2.24) is 0 Å². The molecule has 0 saturated heterocycles. The maximum Gasteiger partial charge on any atom is 0.0669 e. The molecule has 1 spiro atoms. The average Bonchev–Trinajstić information content (AvgIpc) is 2.86. The van der Waals surface area contributed by atoms with E-state index in [1.54, 1.807) is 0 Å². The largest absolute Gasteiger partial charge is 0.198 e. The maximum atomic E-state index is 9.06. The van der Waals surface area contributed by atoms with Gasteiger partial charge in [-0.25, -0.2) is 0 Å². The molecule has 0 aromatic heterocycles. The average molecular weight is 312 g/mol. The summed E-state index contributed by atoms with van der Waals surface area (Å²) in [6, 6.07) is 17.7. The van der Waals surface area contributed by atoms with Gasteiger partial charge in [0.15, 0.2) is 0 Å². The highest BCUT2D eigenvalue weighted by Crippen LogP contribution is 2.56. The van der Waals surface area contributed by atoms with Crippen LogP contribution in [0, 0.1) is 22.7 Å². The highest BCUT2D eigenvalue weighted by Gasteiger charge is 2.43. The van der Waals surface area contributed by atoms with E-state index >= 15 is 0 Å². The van der Waals surface area contributed by atoms with E-state index in [0.717, 1.165) is 11.1 Å². The Labute approximate surface area is 143 Å². The van der Waals surface area contributed by atoms with Gasteiger partial charge in [0.2, 0.25) is 0 Å². The van der Waals surface area contributed by atoms with Gasteiger partial charge in [-0.1, -0.05) is 49.6 Å². The fourth-order valence-electron chi connectivity index (χ4n) is 4.70. The van der Waals surface area contributed by atoms with Crippen molar-refractivity contribution in [3.05, 3.63) is 58.7 Å². The highest BCUT2D eigenvalue weighted by molar-refractivity contribution is 5.82. The Bertz CT molecular complexity index is 874. The first kappa shape index (κ1) is 15.0. The van der Waals surface area contributed by atoms with Crippen molar-refractivity contribution in [3.8, 4) is 23.3 Å². The molecule has 0 atom stereocenters. The van der Waals surface area contributed by atoms with Crippen LogP contribution in [0.5, 0.6) is 0 Å². The Hall–Kier alpha value is -2.58. The van der Waals surface area contributed by atoms with E-state index in [4.69, 9.17) is 10.5 Å². The van der Waals surface area contributed by atoms with Crippen LogP contribution in [0.4, 0.5) is 0 Å². The molecular weight excluding hydrogens is 292 g/mol. The molecule has 0 N–H and O–H groups in total. The zero-order valence-corrected chi connectivity index (χ0v) is 13.8. The van der Waals surface area contributed by atoms with E-state index in [-0.39, 0.29) is 5.41 Å². The Kier molecular flexibility index (Phi) is 3.62. The Morgan fingerprint density at radius 1 is 0.750 bits per heavy atom. The second kappa shape index (κ2) is 5.81. The summed E-state index contributed by atoms with van der Waals surface area (Å²) in [5.74, 6) is 0. The van der Waals surface area contributed by atoms with Crippen molar-refractivity contribution in [2.75, 3.05) is 0 Å². The number of hydrogen-bond donors (Lipinski definition) is 0. The molecule has 2 aliphatic carbocycles. The molecule has 1 fully saturated rings. The number of benzene rings is 2. The van der Waals surface area contributed by atoms with Gasteiger partial charge in [0.25, 0.3) is 0 Å². The smallest absolute Gasteiger partial charge is 0.0669 e. The van der Waals surface area contributed by atoms with Crippen LogP contribution in [0.15, 0.2) is 36.4 Å². The van der Waals surface area contributed by atoms with Gasteiger partial charge >= 0.3 is 0 Å². The number of fused-ring (bicyclic) bond motifs is 5. The molecule has 4 rings (SSSR count). The topological polar surface area (TPSA) is 47.6 Å². The van der Waals surface area contributed by atoms with E-state index in [1.807, 2.05) is 0 Å². The molecule has 0 amide bonds. The van der Waals surface area contributed by atoms with Gasteiger partial charge in [-0.05, 0) is 52.3 Å². The fraction of sp³-hybridized carbons (Fsp3) is 0.364. The molecule has 2 nitrogen and oxygen atoms in total. The Morgan fingerprint density at radius 2 is 1.42 bits per heavy atom. The van der Waals surface area contributed by atoms with Crippen molar-refractivity contribution in [1.29, 1.82) is 10.5 Å². The molecule has 2 aromatic carbocycles. The summed E-state index contributed by atoms with van der Waals surface area (Å²) in [6.07, 6.45) is 7.17. The van der Waals surface area contributed by atoms with Crippen LogP contribution in [0.2, 0.25) is 0 Å². The maximum absolute atomic E-state index is 9.06. The van der Waals surface area contributed by atoms with Crippen molar-refractivity contribution in [2.45, 2.75) is 50.4 Å². The third-order valence-electron chi connectivity index (χ3n) is 5.76. The normalized spacial score (nSPS) is 16.9. The van der Waals surface area contributed by atoms with Gasteiger partial charge < -0.3 is 0 Å². The zero-order chi connectivity index (χ0) is 16.6. The van der Waals surface area contributed by atoms with Gasteiger partial charge in [0.05, 0.1) is 25.0 Å². The molecule has 0 heterocycles. The first-order valence-electron chi connectivity index (χ1n) is 8.79. The quantitative estimate of drug-likeness (QED) is 0.779. The van der Waals surface area contributed by atoms with Gasteiger partial charge in [0, 0.05) is 5.41 Å². The van der Waals surface area contributed by atoms with Crippen LogP contribution in [-0.4, -0.2) is 0 Å². The second-order valence-electron chi connectivity index (χ2n) is 7.07. The molecule has 0 bridgehead atoms. The summed E-state index contributed by atoms with van der Waals surface area (Å²) in [7, 11) is 0. The van der Waals surface area contributed by atoms with Gasteiger partial charge in [0.1, 0.15) is 0 Å². The molecule has 1 saturated carbocycles. The zero-order valence-electron chi connectivity index (χ0n) is 13.8. The lowest BCUT2D eigenvalue weighted by atomic mass is 9.67. The van der Waals surface area contributed by atoms with Gasteiger partial charge in [-0.2, -0.15) is 10.5 Å². The van der Waals surface area contributed by atoms with Crippen LogP contribution < -0.4 is 0 Å². The predicted octanol–water partition coefficient (Wildman–Crippen LogP) is 5.05. The number of hydrogen-bond acceptors (Lipinski definition) is 2. The van der Waals surface area contributed by atoms with Gasteiger partial charge in [-0.3, -0.25) is 0 Å². The summed E-state index contributed by atoms with van der Waals surface area (Å²) in [4.78, 5) is 0. The lowest BCUT2D eigenvalue weighted by Crippen LogP contribution is -2.28. The van der Waals surface area contributed by atoms with E-state index < -0.39 is 0 Å². The summed E-state index contributed by atoms with van der Waals surface area (Å²) in [5, 5.41) is 18.1. The van der Waals surface area contributed by atoms with E-state index in [0.29, 0.717) is 12.8 Å². The number of rotatable bonds is 2. The van der Waals surface area contributed by atoms with Crippen molar-refractivity contribution >= 4 is 0 Å². The van der Waals surface area contributed by atoms with Crippen molar-refractivity contribution in [2.24, 2.45) is 0 Å². The monoisotopic (exact) mass is 312 g/mol. The minimum absolute atomic E-state index is 0.125. The van der Waals surface area contributed by atoms with E-state index in [9.17, 15) is 0 Å². The van der Waals surface area contributed by atoms with E-state index in [2.05, 4.69) is 48.5 Å². The second-order valence-corrected chi connectivity index (χ2v) is 7.07. The lowest BCUT2D eigenvalue weighted by molar-refractivity contribution is 0.352. The molecule has 0 radical (unpaired) electrons. The van der Waals surface area contributed by atoms with Crippen molar-refractivity contribution < 1.29 is 0 Å². The summed E-state index contributed by atoms with van der Waals surface area (Å²) < 4.78 is 0. The fourth-order valence-corrected chi connectivity index (χ4v) is 4.70. The first-order valence-corrected chi connectivity index (χ1v) is 8.79. The number of nitrogens with zero attached hydrogens (tertiary/aromatic N) is 2. The van der Waals surface area contributed by atoms with Crippen LogP contribution in [-0.2, 0) is 18.3 Å². The molecule has 0 aliphatic heterocycles.